The minimum atomic E-state index is -2.50. The van der Waals surface area contributed by atoms with Crippen molar-refractivity contribution >= 4 is 8.80 Å². The van der Waals surface area contributed by atoms with Crippen molar-refractivity contribution in [3.05, 3.63) is 0 Å². The SMILES string of the molecule is CCO[Si](OCC)(OC(C)C(C)C)C(C)C. The van der Waals surface area contributed by atoms with Crippen LogP contribution in [0.5, 0.6) is 0 Å². The summed E-state index contributed by atoms with van der Waals surface area (Å²) in [5, 5.41) is 0. The van der Waals surface area contributed by atoms with E-state index in [4.69, 9.17) is 13.3 Å². The molecule has 0 aliphatic heterocycles. The highest BCUT2D eigenvalue weighted by atomic mass is 28.4. The number of hydrogen-bond acceptors (Lipinski definition) is 3. The van der Waals surface area contributed by atoms with Crippen molar-refractivity contribution in [1.82, 2.24) is 0 Å². The highest BCUT2D eigenvalue weighted by molar-refractivity contribution is 6.62. The Labute approximate surface area is 102 Å². The third kappa shape index (κ3) is 4.53. The fourth-order valence-corrected chi connectivity index (χ4v) is 4.13. The molecule has 0 heterocycles. The molecular formula is C12H28O3Si. The molecule has 0 aromatic rings. The normalized spacial score (nSPS) is 14.8. The molecule has 3 nitrogen and oxygen atoms in total. The first-order chi connectivity index (χ1) is 7.39. The molecule has 98 valence electrons. The van der Waals surface area contributed by atoms with E-state index in [1.165, 1.54) is 0 Å². The summed E-state index contributed by atoms with van der Waals surface area (Å²) >= 11 is 0. The summed E-state index contributed by atoms with van der Waals surface area (Å²) in [5.74, 6) is 0.478. The van der Waals surface area contributed by atoms with Crippen molar-refractivity contribution in [2.45, 2.75) is 60.1 Å². The van der Waals surface area contributed by atoms with E-state index < -0.39 is 8.80 Å². The molecule has 0 bridgehead atoms. The van der Waals surface area contributed by atoms with Crippen LogP contribution in [0.1, 0.15) is 48.5 Å². The molecule has 1 unspecified atom stereocenters. The predicted octanol–water partition coefficient (Wildman–Crippen LogP) is 3.47. The molecule has 0 aromatic carbocycles. The van der Waals surface area contributed by atoms with Crippen molar-refractivity contribution in [2.24, 2.45) is 5.92 Å². The molecule has 0 fully saturated rings. The van der Waals surface area contributed by atoms with Crippen LogP contribution in [0.3, 0.4) is 0 Å². The maximum atomic E-state index is 6.14. The Morgan fingerprint density at radius 3 is 1.56 bits per heavy atom. The minimum Gasteiger partial charge on any atom is -0.374 e. The summed E-state index contributed by atoms with van der Waals surface area (Å²) in [7, 11) is -2.50. The monoisotopic (exact) mass is 248 g/mol. The number of rotatable bonds is 8. The summed E-state index contributed by atoms with van der Waals surface area (Å²) in [6.45, 7) is 15.9. The van der Waals surface area contributed by atoms with Gasteiger partial charge in [0, 0.05) is 24.9 Å². The average Bonchev–Trinajstić information content (AvgIpc) is 2.17. The maximum absolute atomic E-state index is 6.14. The molecule has 0 aliphatic carbocycles. The van der Waals surface area contributed by atoms with E-state index in [1.54, 1.807) is 0 Å². The fourth-order valence-electron chi connectivity index (χ4n) is 1.38. The molecule has 1 atom stereocenters. The van der Waals surface area contributed by atoms with Crippen molar-refractivity contribution in [3.63, 3.8) is 0 Å². The van der Waals surface area contributed by atoms with Gasteiger partial charge in [-0.05, 0) is 26.7 Å². The van der Waals surface area contributed by atoms with Gasteiger partial charge in [-0.2, -0.15) is 0 Å². The second kappa shape index (κ2) is 7.43. The maximum Gasteiger partial charge on any atom is 0.503 e. The number of hydrogen-bond donors (Lipinski definition) is 0. The van der Waals surface area contributed by atoms with Gasteiger partial charge in [-0.3, -0.25) is 0 Å². The van der Waals surface area contributed by atoms with Gasteiger partial charge >= 0.3 is 8.80 Å². The Morgan fingerprint density at radius 1 is 0.875 bits per heavy atom. The van der Waals surface area contributed by atoms with E-state index in [-0.39, 0.29) is 6.10 Å². The van der Waals surface area contributed by atoms with Gasteiger partial charge in [0.05, 0.1) is 0 Å². The Bertz CT molecular complexity index is 177. The molecule has 0 aliphatic rings. The van der Waals surface area contributed by atoms with Gasteiger partial charge in [-0.25, -0.2) is 0 Å². The standard InChI is InChI=1S/C12H28O3Si/c1-8-13-16(11(5)6,14-9-2)15-12(7)10(3)4/h10-12H,8-9H2,1-7H3. The van der Waals surface area contributed by atoms with Gasteiger partial charge in [-0.15, -0.1) is 0 Å². The van der Waals surface area contributed by atoms with E-state index in [0.717, 1.165) is 0 Å². The lowest BCUT2D eigenvalue weighted by Gasteiger charge is -2.35. The second-order valence-electron chi connectivity index (χ2n) is 4.69. The zero-order chi connectivity index (χ0) is 12.8. The van der Waals surface area contributed by atoms with E-state index in [2.05, 4.69) is 34.6 Å². The van der Waals surface area contributed by atoms with E-state index >= 15 is 0 Å². The highest BCUT2D eigenvalue weighted by Crippen LogP contribution is 2.27. The van der Waals surface area contributed by atoms with Crippen LogP contribution in [0.2, 0.25) is 5.54 Å². The third-order valence-corrected chi connectivity index (χ3v) is 6.18. The minimum absolute atomic E-state index is 0.173. The lowest BCUT2D eigenvalue weighted by atomic mass is 10.1. The lowest BCUT2D eigenvalue weighted by molar-refractivity contribution is 0.0169. The van der Waals surface area contributed by atoms with E-state index in [1.807, 2.05) is 13.8 Å². The summed E-state index contributed by atoms with van der Waals surface area (Å²) in [6, 6.07) is 0. The molecule has 16 heavy (non-hydrogen) atoms. The smallest absolute Gasteiger partial charge is 0.374 e. The van der Waals surface area contributed by atoms with Crippen molar-refractivity contribution in [3.8, 4) is 0 Å². The summed E-state index contributed by atoms with van der Waals surface area (Å²) in [6.07, 6.45) is 0.173. The highest BCUT2D eigenvalue weighted by Gasteiger charge is 2.46. The van der Waals surface area contributed by atoms with Gasteiger partial charge in [-0.1, -0.05) is 27.7 Å². The van der Waals surface area contributed by atoms with Crippen LogP contribution in [0, 0.1) is 5.92 Å². The summed E-state index contributed by atoms with van der Waals surface area (Å²) < 4.78 is 17.8. The Hall–Kier alpha value is 0.0969. The molecule has 0 rings (SSSR count). The lowest BCUT2D eigenvalue weighted by Crippen LogP contribution is -2.51. The quantitative estimate of drug-likeness (QED) is 0.616. The predicted molar refractivity (Wildman–Crippen MR) is 69.5 cm³/mol. The van der Waals surface area contributed by atoms with Crippen LogP contribution in [0.15, 0.2) is 0 Å². The first-order valence-electron chi connectivity index (χ1n) is 6.35. The first kappa shape index (κ1) is 16.1. The first-order valence-corrected chi connectivity index (χ1v) is 8.15. The summed E-state index contributed by atoms with van der Waals surface area (Å²) in [4.78, 5) is 0. The van der Waals surface area contributed by atoms with Gasteiger partial charge < -0.3 is 13.3 Å². The Morgan fingerprint density at radius 2 is 1.31 bits per heavy atom. The third-order valence-electron chi connectivity index (χ3n) is 2.69. The Kier molecular flexibility index (Phi) is 7.47. The molecule has 0 saturated heterocycles. The van der Waals surface area contributed by atoms with E-state index in [9.17, 15) is 0 Å². The molecule has 0 amide bonds. The van der Waals surface area contributed by atoms with Crippen molar-refractivity contribution in [2.75, 3.05) is 13.2 Å². The van der Waals surface area contributed by atoms with Crippen LogP contribution in [0.25, 0.3) is 0 Å². The van der Waals surface area contributed by atoms with Gasteiger partial charge in [0.25, 0.3) is 0 Å². The molecule has 0 N–H and O–H groups in total. The molecule has 0 radical (unpaired) electrons. The zero-order valence-corrected chi connectivity index (χ0v) is 12.9. The van der Waals surface area contributed by atoms with Crippen LogP contribution in [-0.2, 0) is 13.3 Å². The molecule has 0 saturated carbocycles. The van der Waals surface area contributed by atoms with Crippen LogP contribution < -0.4 is 0 Å². The topological polar surface area (TPSA) is 27.7 Å². The Balaban J connectivity index is 4.72. The van der Waals surface area contributed by atoms with E-state index in [0.29, 0.717) is 24.7 Å². The second-order valence-corrected chi connectivity index (χ2v) is 7.87. The molecule has 4 heteroatoms. The van der Waals surface area contributed by atoms with Crippen LogP contribution in [-0.4, -0.2) is 28.1 Å². The van der Waals surface area contributed by atoms with Crippen LogP contribution in [0.4, 0.5) is 0 Å². The zero-order valence-electron chi connectivity index (χ0n) is 11.9. The van der Waals surface area contributed by atoms with Crippen molar-refractivity contribution in [1.29, 1.82) is 0 Å². The van der Waals surface area contributed by atoms with Crippen molar-refractivity contribution < 1.29 is 13.3 Å². The van der Waals surface area contributed by atoms with Crippen LogP contribution >= 0.6 is 0 Å². The molecule has 0 aromatic heterocycles. The summed E-state index contributed by atoms with van der Waals surface area (Å²) in [5.41, 5.74) is 0.300. The molecule has 0 spiro atoms. The fraction of sp³-hybridized carbons (Fsp3) is 1.00. The van der Waals surface area contributed by atoms with Gasteiger partial charge in [0.1, 0.15) is 0 Å². The molecular weight excluding hydrogens is 220 g/mol. The van der Waals surface area contributed by atoms with Gasteiger partial charge in [0.2, 0.25) is 0 Å². The average molecular weight is 248 g/mol. The largest absolute Gasteiger partial charge is 0.503 e. The van der Waals surface area contributed by atoms with Gasteiger partial charge in [0.15, 0.2) is 0 Å².